The minimum absolute atomic E-state index is 0.146. The van der Waals surface area contributed by atoms with Gasteiger partial charge < -0.3 is 9.64 Å². The van der Waals surface area contributed by atoms with Gasteiger partial charge in [-0.1, -0.05) is 28.1 Å². The highest BCUT2D eigenvalue weighted by Crippen LogP contribution is 2.20. The Morgan fingerprint density at radius 2 is 1.82 bits per heavy atom. The van der Waals surface area contributed by atoms with E-state index in [0.717, 1.165) is 16.3 Å². The van der Waals surface area contributed by atoms with E-state index >= 15 is 0 Å². The highest BCUT2D eigenvalue weighted by Gasteiger charge is 2.26. The van der Waals surface area contributed by atoms with Crippen molar-refractivity contribution in [3.05, 3.63) is 40.5 Å². The molecule has 1 aliphatic heterocycles. The largest absolute Gasteiger partial charge is 0.451 e. The number of halogens is 1. The Balaban J connectivity index is 1.52. The van der Waals surface area contributed by atoms with E-state index in [-0.39, 0.29) is 37.8 Å². The van der Waals surface area contributed by atoms with E-state index in [1.165, 1.54) is 9.21 Å². The van der Waals surface area contributed by atoms with Crippen LogP contribution in [-0.2, 0) is 19.6 Å². The lowest BCUT2D eigenvalue weighted by atomic mass is 10.1. The van der Waals surface area contributed by atoms with E-state index in [1.807, 2.05) is 24.3 Å². The minimum Gasteiger partial charge on any atom is -0.451 e. The summed E-state index contributed by atoms with van der Waals surface area (Å²) in [5.74, 6) is -1.05. The molecule has 150 valence electrons. The second-order valence-electron chi connectivity index (χ2n) is 6.29. The normalized spacial score (nSPS) is 15.4. The second kappa shape index (κ2) is 8.41. The van der Waals surface area contributed by atoms with E-state index in [0.29, 0.717) is 5.69 Å². The number of nitrogens with zero attached hydrogens (tertiary/aromatic N) is 3. The Kier molecular flexibility index (Phi) is 6.16. The first-order valence-corrected chi connectivity index (χ1v) is 11.1. The lowest BCUT2D eigenvalue weighted by molar-refractivity contribution is -0.135. The van der Waals surface area contributed by atoms with E-state index in [9.17, 15) is 18.0 Å². The lowest BCUT2D eigenvalue weighted by Gasteiger charge is -2.33. The van der Waals surface area contributed by atoms with Crippen LogP contribution < -0.4 is 0 Å². The van der Waals surface area contributed by atoms with Crippen LogP contribution >= 0.6 is 15.9 Å². The number of ether oxygens (including phenoxy) is 1. The third kappa shape index (κ3) is 4.97. The molecular formula is C17H19BrN4O5S. The van der Waals surface area contributed by atoms with Gasteiger partial charge in [0.25, 0.3) is 5.91 Å². The maximum Gasteiger partial charge on any atom is 0.356 e. The summed E-state index contributed by atoms with van der Waals surface area (Å²) in [6.45, 7) is 0.581. The first-order chi connectivity index (χ1) is 13.2. The fourth-order valence-corrected chi connectivity index (χ4v) is 3.85. The van der Waals surface area contributed by atoms with Gasteiger partial charge in [-0.2, -0.15) is 9.40 Å². The van der Waals surface area contributed by atoms with Crippen LogP contribution in [0, 0.1) is 0 Å². The molecule has 1 fully saturated rings. The summed E-state index contributed by atoms with van der Waals surface area (Å²) in [7, 11) is -3.26. The van der Waals surface area contributed by atoms with E-state index < -0.39 is 22.6 Å². The van der Waals surface area contributed by atoms with Crippen LogP contribution in [0.25, 0.3) is 11.3 Å². The molecule has 1 N–H and O–H groups in total. The zero-order valence-corrected chi connectivity index (χ0v) is 17.5. The van der Waals surface area contributed by atoms with Crippen molar-refractivity contribution in [2.45, 2.75) is 0 Å². The Bertz CT molecular complexity index is 966. The van der Waals surface area contributed by atoms with Gasteiger partial charge in [0, 0.05) is 36.2 Å². The van der Waals surface area contributed by atoms with Gasteiger partial charge in [-0.05, 0) is 18.2 Å². The number of carbonyl (C=O) groups is 2. The first-order valence-electron chi connectivity index (χ1n) is 8.45. The molecule has 0 spiro atoms. The molecule has 0 radical (unpaired) electrons. The van der Waals surface area contributed by atoms with Gasteiger partial charge in [0.05, 0.1) is 11.9 Å². The number of esters is 1. The number of aromatic nitrogens is 2. The van der Waals surface area contributed by atoms with E-state index in [4.69, 9.17) is 4.74 Å². The summed E-state index contributed by atoms with van der Waals surface area (Å²) in [6, 6.07) is 9.00. The summed E-state index contributed by atoms with van der Waals surface area (Å²) in [5, 5.41) is 6.70. The van der Waals surface area contributed by atoms with Gasteiger partial charge in [-0.3, -0.25) is 9.89 Å². The summed E-state index contributed by atoms with van der Waals surface area (Å²) < 4.78 is 30.3. The first kappa shape index (κ1) is 20.5. The Hall–Kier alpha value is -2.24. The van der Waals surface area contributed by atoms with Gasteiger partial charge in [0.2, 0.25) is 10.0 Å². The Morgan fingerprint density at radius 1 is 1.18 bits per heavy atom. The van der Waals surface area contributed by atoms with Crippen LogP contribution in [0.2, 0.25) is 0 Å². The Labute approximate surface area is 170 Å². The van der Waals surface area contributed by atoms with Crippen molar-refractivity contribution in [2.75, 3.05) is 39.0 Å². The molecule has 1 amide bonds. The fourth-order valence-electron chi connectivity index (χ4n) is 2.76. The summed E-state index contributed by atoms with van der Waals surface area (Å²) in [5.41, 5.74) is 1.56. The van der Waals surface area contributed by atoms with Gasteiger partial charge in [0.15, 0.2) is 6.61 Å². The number of hydrogen-bond donors (Lipinski definition) is 1. The van der Waals surface area contributed by atoms with Crippen molar-refractivity contribution >= 4 is 37.8 Å². The zero-order valence-electron chi connectivity index (χ0n) is 15.1. The van der Waals surface area contributed by atoms with E-state index in [1.54, 1.807) is 6.07 Å². The molecule has 1 saturated heterocycles. The van der Waals surface area contributed by atoms with Crippen molar-refractivity contribution in [2.24, 2.45) is 0 Å². The Morgan fingerprint density at radius 3 is 2.43 bits per heavy atom. The monoisotopic (exact) mass is 470 g/mol. The van der Waals surface area contributed by atoms with Crippen LogP contribution in [0.15, 0.2) is 34.8 Å². The molecule has 1 aromatic carbocycles. The quantitative estimate of drug-likeness (QED) is 0.654. The molecule has 3 rings (SSSR count). The highest BCUT2D eigenvalue weighted by atomic mass is 79.9. The van der Waals surface area contributed by atoms with Crippen LogP contribution in [-0.4, -0.2) is 78.7 Å². The van der Waals surface area contributed by atoms with Gasteiger partial charge in [0.1, 0.15) is 5.69 Å². The molecule has 2 heterocycles. The van der Waals surface area contributed by atoms with E-state index in [2.05, 4.69) is 26.1 Å². The molecule has 1 aromatic heterocycles. The molecule has 0 unspecified atom stereocenters. The molecule has 1 aliphatic rings. The van der Waals surface area contributed by atoms with Crippen LogP contribution in [0.5, 0.6) is 0 Å². The summed E-state index contributed by atoms with van der Waals surface area (Å²) in [4.78, 5) is 25.8. The fraction of sp³-hybridized carbons (Fsp3) is 0.353. The number of H-pyrrole nitrogens is 1. The lowest BCUT2D eigenvalue weighted by Crippen LogP contribution is -2.51. The molecule has 0 atom stereocenters. The van der Waals surface area contributed by atoms with Crippen molar-refractivity contribution < 1.29 is 22.7 Å². The molecule has 28 heavy (non-hydrogen) atoms. The van der Waals surface area contributed by atoms with Crippen LogP contribution in [0.3, 0.4) is 0 Å². The number of aromatic amines is 1. The third-order valence-electron chi connectivity index (χ3n) is 4.32. The predicted molar refractivity (Wildman–Crippen MR) is 105 cm³/mol. The number of carbonyl (C=O) groups excluding carboxylic acids is 2. The molecule has 9 nitrogen and oxygen atoms in total. The zero-order chi connectivity index (χ0) is 20.3. The molecule has 2 aromatic rings. The topological polar surface area (TPSA) is 113 Å². The van der Waals surface area contributed by atoms with Gasteiger partial charge in [-0.15, -0.1) is 0 Å². The predicted octanol–water partition coefficient (Wildman–Crippen LogP) is 1.10. The van der Waals surface area contributed by atoms with Crippen molar-refractivity contribution in [3.63, 3.8) is 0 Å². The third-order valence-corrected chi connectivity index (χ3v) is 6.16. The minimum atomic E-state index is -3.26. The number of amides is 1. The van der Waals surface area contributed by atoms with Crippen LogP contribution in [0.1, 0.15) is 10.5 Å². The number of piperazine rings is 1. The number of hydrogen-bond acceptors (Lipinski definition) is 6. The number of sulfonamides is 1. The SMILES string of the molecule is CS(=O)(=O)N1CCN(C(=O)COC(=O)c2cc(-c3ccc(Br)cc3)n[nH]2)CC1. The van der Waals surface area contributed by atoms with Crippen molar-refractivity contribution in [1.29, 1.82) is 0 Å². The van der Waals surface area contributed by atoms with Gasteiger partial charge >= 0.3 is 5.97 Å². The van der Waals surface area contributed by atoms with Crippen molar-refractivity contribution in [1.82, 2.24) is 19.4 Å². The van der Waals surface area contributed by atoms with Gasteiger partial charge in [-0.25, -0.2) is 13.2 Å². The molecule has 0 saturated carbocycles. The maximum absolute atomic E-state index is 12.2. The number of nitrogens with one attached hydrogen (secondary N) is 1. The average molecular weight is 471 g/mol. The molecule has 0 bridgehead atoms. The summed E-state index contributed by atoms with van der Waals surface area (Å²) >= 11 is 3.36. The summed E-state index contributed by atoms with van der Waals surface area (Å²) in [6.07, 6.45) is 1.14. The molecule has 0 aliphatic carbocycles. The molecular weight excluding hydrogens is 452 g/mol. The highest BCUT2D eigenvalue weighted by molar-refractivity contribution is 9.10. The van der Waals surface area contributed by atoms with Crippen LogP contribution in [0.4, 0.5) is 0 Å². The number of benzene rings is 1. The molecule has 11 heteroatoms. The number of rotatable bonds is 5. The smallest absolute Gasteiger partial charge is 0.356 e. The average Bonchev–Trinajstić information content (AvgIpc) is 3.16. The second-order valence-corrected chi connectivity index (χ2v) is 9.19. The maximum atomic E-state index is 12.2. The van der Waals surface area contributed by atoms with Crippen molar-refractivity contribution in [3.8, 4) is 11.3 Å². The standard InChI is InChI=1S/C17H19BrN4O5S/c1-28(25,26)22-8-6-21(7-9-22)16(23)11-27-17(24)15-10-14(19-20-15)12-2-4-13(18)5-3-12/h2-5,10H,6-9,11H2,1H3,(H,19,20).